The van der Waals surface area contributed by atoms with Crippen molar-refractivity contribution in [2.45, 2.75) is 18.5 Å². The molecule has 8 nitrogen and oxygen atoms in total. The fraction of sp³-hybridized carbons (Fsp3) is 0.667. The Kier molecular flexibility index (Phi) is 5.02. The third kappa shape index (κ3) is 3.66. The van der Waals surface area contributed by atoms with E-state index >= 15 is 0 Å². The maximum absolute atomic E-state index is 10.7. The summed E-state index contributed by atoms with van der Waals surface area (Å²) in [6, 6.07) is 0. The Hall–Kier alpha value is -1.22. The second kappa shape index (κ2) is 5.50. The lowest BCUT2D eigenvalue weighted by atomic mass is 10.2. The van der Waals surface area contributed by atoms with E-state index in [0.29, 0.717) is 0 Å². The highest BCUT2D eigenvalue weighted by Crippen LogP contribution is 1.99. The van der Waals surface area contributed by atoms with E-state index in [9.17, 15) is 9.59 Å². The van der Waals surface area contributed by atoms with Crippen molar-refractivity contribution < 1.29 is 39.9 Å². The molecule has 0 saturated carbocycles. The van der Waals surface area contributed by atoms with Gasteiger partial charge in [-0.15, -0.1) is 0 Å². The number of carboxylic acids is 1. The van der Waals surface area contributed by atoms with Crippen molar-refractivity contribution in [2.75, 3.05) is 6.61 Å². The van der Waals surface area contributed by atoms with Crippen molar-refractivity contribution in [3.05, 3.63) is 0 Å². The molecule has 0 aliphatic rings. The molecule has 0 bridgehead atoms. The molecule has 0 heterocycles. The van der Waals surface area contributed by atoms with Gasteiger partial charge in [0.25, 0.3) is 0 Å². The Morgan fingerprint density at radius 1 is 1.14 bits per heavy atom. The van der Waals surface area contributed by atoms with Gasteiger partial charge in [-0.25, -0.2) is 9.59 Å². The number of ether oxygens (including phenoxy) is 1. The molecule has 8 heteroatoms. The van der Waals surface area contributed by atoms with Gasteiger partial charge in [-0.3, -0.25) is 0 Å². The molecule has 0 aromatic heterocycles. The normalized spacial score (nSPS) is 16.9. The molecule has 3 atom stereocenters. The van der Waals surface area contributed by atoms with Crippen LogP contribution in [0.2, 0.25) is 0 Å². The minimum atomic E-state index is -2.34. The number of hydrogen-bond donors (Lipinski definition) is 5. The molecular formula is C6H10O8. The first-order valence-corrected chi connectivity index (χ1v) is 3.48. The average Bonchev–Trinajstić information content (AvgIpc) is 2.14. The molecule has 5 N–H and O–H groups in total. The van der Waals surface area contributed by atoms with Crippen molar-refractivity contribution in [3.63, 3.8) is 0 Å². The van der Waals surface area contributed by atoms with Gasteiger partial charge < -0.3 is 30.3 Å². The third-order valence-corrected chi connectivity index (χ3v) is 1.20. The number of aliphatic hydroxyl groups is 4. The zero-order chi connectivity index (χ0) is 11.3. The molecule has 0 saturated heterocycles. The number of carbonyl (C=O) groups is 2. The summed E-state index contributed by atoms with van der Waals surface area (Å²) in [5, 5.41) is 42.4. The topological polar surface area (TPSA) is 145 Å². The second-order valence-electron chi connectivity index (χ2n) is 2.30. The van der Waals surface area contributed by atoms with Crippen LogP contribution in [0.25, 0.3) is 0 Å². The number of aliphatic carboxylic acids is 1. The monoisotopic (exact) mass is 210 g/mol. The van der Waals surface area contributed by atoms with Crippen molar-refractivity contribution >= 4 is 11.9 Å². The maximum atomic E-state index is 10.7. The molecule has 14 heavy (non-hydrogen) atoms. The van der Waals surface area contributed by atoms with Gasteiger partial charge in [0.1, 0.15) is 6.61 Å². The van der Waals surface area contributed by atoms with Crippen LogP contribution in [0.3, 0.4) is 0 Å². The van der Waals surface area contributed by atoms with Crippen LogP contribution in [0.4, 0.5) is 0 Å². The Morgan fingerprint density at radius 3 is 2.00 bits per heavy atom. The summed E-state index contributed by atoms with van der Waals surface area (Å²) in [5.41, 5.74) is 0. The van der Waals surface area contributed by atoms with Crippen LogP contribution in [-0.2, 0) is 14.3 Å². The molecule has 3 unspecified atom stereocenters. The van der Waals surface area contributed by atoms with E-state index in [-0.39, 0.29) is 0 Å². The standard InChI is InChI=1S/C6H10O8/c7-1-2(8)14-6(13)4(10)3(9)5(11)12/h2-4,7-10H,1H2,(H,11,12). The van der Waals surface area contributed by atoms with E-state index in [2.05, 4.69) is 4.74 Å². The number of aliphatic hydroxyl groups excluding tert-OH is 4. The van der Waals surface area contributed by atoms with Crippen LogP contribution in [0.1, 0.15) is 0 Å². The van der Waals surface area contributed by atoms with Gasteiger partial charge in [0.05, 0.1) is 0 Å². The van der Waals surface area contributed by atoms with Crippen molar-refractivity contribution in [2.24, 2.45) is 0 Å². The molecule has 0 aliphatic heterocycles. The van der Waals surface area contributed by atoms with E-state index < -0.39 is 37.0 Å². The molecule has 0 aromatic carbocycles. The number of rotatable bonds is 5. The highest BCUT2D eigenvalue weighted by atomic mass is 16.7. The van der Waals surface area contributed by atoms with Crippen LogP contribution >= 0.6 is 0 Å². The quantitative estimate of drug-likeness (QED) is 0.234. The van der Waals surface area contributed by atoms with Gasteiger partial charge in [0, 0.05) is 0 Å². The van der Waals surface area contributed by atoms with E-state index in [1.807, 2.05) is 0 Å². The van der Waals surface area contributed by atoms with Crippen molar-refractivity contribution in [1.29, 1.82) is 0 Å². The van der Waals surface area contributed by atoms with Crippen molar-refractivity contribution in [1.82, 2.24) is 0 Å². The summed E-state index contributed by atoms with van der Waals surface area (Å²) >= 11 is 0. The molecule has 82 valence electrons. The second-order valence-corrected chi connectivity index (χ2v) is 2.30. The fourth-order valence-electron chi connectivity index (χ4n) is 0.505. The van der Waals surface area contributed by atoms with Gasteiger partial charge in [-0.2, -0.15) is 0 Å². The highest BCUT2D eigenvalue weighted by Gasteiger charge is 2.32. The molecule has 0 rings (SSSR count). The van der Waals surface area contributed by atoms with E-state index in [0.717, 1.165) is 0 Å². The Bertz CT molecular complexity index is 214. The zero-order valence-electron chi connectivity index (χ0n) is 6.90. The molecule has 0 spiro atoms. The Morgan fingerprint density at radius 2 is 1.64 bits per heavy atom. The van der Waals surface area contributed by atoms with Gasteiger partial charge in [0.2, 0.25) is 6.29 Å². The minimum absolute atomic E-state index is 0.901. The maximum Gasteiger partial charge on any atom is 0.340 e. The van der Waals surface area contributed by atoms with Gasteiger partial charge >= 0.3 is 11.9 Å². The smallest absolute Gasteiger partial charge is 0.340 e. The zero-order valence-corrected chi connectivity index (χ0v) is 6.90. The van der Waals surface area contributed by atoms with Gasteiger partial charge in [0.15, 0.2) is 12.2 Å². The summed E-state index contributed by atoms with van der Waals surface area (Å²) in [7, 11) is 0. The van der Waals surface area contributed by atoms with E-state index in [1.54, 1.807) is 0 Å². The lowest BCUT2D eigenvalue weighted by Crippen LogP contribution is -2.42. The molecule has 0 aliphatic carbocycles. The number of carboxylic acid groups (broad SMARTS) is 1. The summed E-state index contributed by atoms with van der Waals surface area (Å²) in [5.74, 6) is -3.35. The minimum Gasteiger partial charge on any atom is -0.479 e. The van der Waals surface area contributed by atoms with Crippen LogP contribution < -0.4 is 0 Å². The molecule has 0 fully saturated rings. The Balaban J connectivity index is 4.18. The highest BCUT2D eigenvalue weighted by molar-refractivity contribution is 5.84. The Labute approximate surface area is 78.0 Å². The third-order valence-electron chi connectivity index (χ3n) is 1.20. The van der Waals surface area contributed by atoms with Gasteiger partial charge in [-0.05, 0) is 0 Å². The van der Waals surface area contributed by atoms with Gasteiger partial charge in [-0.1, -0.05) is 0 Å². The number of esters is 1. The SMILES string of the molecule is O=C(O)C(O)C(O)C(=O)OC(O)CO. The molecular weight excluding hydrogens is 200 g/mol. The van der Waals surface area contributed by atoms with Crippen LogP contribution in [0.15, 0.2) is 0 Å². The van der Waals surface area contributed by atoms with Crippen LogP contribution in [-0.4, -0.2) is 62.6 Å². The summed E-state index contributed by atoms with van der Waals surface area (Å²) < 4.78 is 3.93. The average molecular weight is 210 g/mol. The first-order chi connectivity index (χ1) is 6.40. The van der Waals surface area contributed by atoms with E-state index in [1.165, 1.54) is 0 Å². The summed E-state index contributed by atoms with van der Waals surface area (Å²) in [6.45, 7) is -0.901. The first-order valence-electron chi connectivity index (χ1n) is 3.48. The first kappa shape index (κ1) is 12.8. The largest absolute Gasteiger partial charge is 0.479 e. The summed E-state index contributed by atoms with van der Waals surface area (Å²) in [4.78, 5) is 20.8. The number of carbonyl (C=O) groups excluding carboxylic acids is 1. The lowest BCUT2D eigenvalue weighted by molar-refractivity contribution is -0.191. The predicted molar refractivity (Wildman–Crippen MR) is 38.8 cm³/mol. The molecule has 0 amide bonds. The predicted octanol–water partition coefficient (Wildman–Crippen LogP) is -3.35. The fourth-order valence-corrected chi connectivity index (χ4v) is 0.505. The summed E-state index contributed by atoms with van der Waals surface area (Å²) in [6.07, 6.45) is -6.51. The van der Waals surface area contributed by atoms with Crippen LogP contribution in [0.5, 0.6) is 0 Å². The molecule has 0 radical (unpaired) electrons. The van der Waals surface area contributed by atoms with E-state index in [4.69, 9.17) is 25.5 Å². The van der Waals surface area contributed by atoms with Crippen molar-refractivity contribution in [3.8, 4) is 0 Å². The number of hydrogen-bond acceptors (Lipinski definition) is 7. The lowest BCUT2D eigenvalue weighted by Gasteiger charge is -2.15. The molecule has 0 aromatic rings. The van der Waals surface area contributed by atoms with Crippen LogP contribution in [0, 0.1) is 0 Å².